The first-order chi connectivity index (χ1) is 14.1. The highest BCUT2D eigenvalue weighted by Gasteiger charge is 2.38. The largest absolute Gasteiger partial charge is 0.433 e. The van der Waals surface area contributed by atoms with Crippen molar-refractivity contribution < 1.29 is 18.0 Å². The number of H-pyrrole nitrogens is 1. The number of piperidine rings is 1. The lowest BCUT2D eigenvalue weighted by atomic mass is 9.91. The van der Waals surface area contributed by atoms with E-state index in [1.807, 2.05) is 20.8 Å². The molecule has 7 nitrogen and oxygen atoms in total. The zero-order valence-corrected chi connectivity index (χ0v) is 17.0. The van der Waals surface area contributed by atoms with Crippen LogP contribution in [0.1, 0.15) is 73.6 Å². The molecule has 1 amide bonds. The smallest absolute Gasteiger partial charge is 0.329 e. The number of aromatic amines is 1. The fourth-order valence-electron chi connectivity index (χ4n) is 3.75. The summed E-state index contributed by atoms with van der Waals surface area (Å²) in [5, 5.41) is 10.7. The van der Waals surface area contributed by atoms with Crippen LogP contribution in [-0.4, -0.2) is 42.1 Å². The van der Waals surface area contributed by atoms with Crippen molar-refractivity contribution in [1.29, 1.82) is 0 Å². The molecule has 4 heterocycles. The molecule has 0 aromatic carbocycles. The summed E-state index contributed by atoms with van der Waals surface area (Å²) in [4.78, 5) is 19.0. The van der Waals surface area contributed by atoms with Gasteiger partial charge in [-0.25, -0.2) is 9.50 Å². The Morgan fingerprint density at radius 1 is 1.20 bits per heavy atom. The molecule has 0 aliphatic carbocycles. The fourth-order valence-corrected chi connectivity index (χ4v) is 3.75. The SMILES string of the molecule is CC(C)(C)c1cc(C(F)(F)F)n2nc([C@@H]3CCCCN3C(=O)c3ccn[nH]3)cc2n1. The number of hydrogen-bond donors (Lipinski definition) is 1. The van der Waals surface area contributed by atoms with Gasteiger partial charge in [0, 0.05) is 24.2 Å². The number of nitrogens with zero attached hydrogens (tertiary/aromatic N) is 5. The minimum atomic E-state index is -4.58. The molecule has 1 atom stereocenters. The molecule has 0 radical (unpaired) electrons. The van der Waals surface area contributed by atoms with Crippen molar-refractivity contribution in [2.75, 3.05) is 6.54 Å². The molecule has 0 bridgehead atoms. The summed E-state index contributed by atoms with van der Waals surface area (Å²) in [6, 6.07) is 3.78. The zero-order valence-electron chi connectivity index (χ0n) is 17.0. The summed E-state index contributed by atoms with van der Waals surface area (Å²) in [6.07, 6.45) is -0.785. The normalized spacial score (nSPS) is 18.2. The van der Waals surface area contributed by atoms with Crippen molar-refractivity contribution in [1.82, 2.24) is 29.7 Å². The van der Waals surface area contributed by atoms with Crippen LogP contribution in [0.3, 0.4) is 0 Å². The van der Waals surface area contributed by atoms with Gasteiger partial charge in [-0.3, -0.25) is 9.89 Å². The molecule has 0 spiro atoms. The van der Waals surface area contributed by atoms with Gasteiger partial charge in [-0.1, -0.05) is 20.8 Å². The maximum Gasteiger partial charge on any atom is 0.433 e. The first kappa shape index (κ1) is 20.4. The number of aromatic nitrogens is 5. The van der Waals surface area contributed by atoms with Gasteiger partial charge in [-0.2, -0.15) is 23.4 Å². The van der Waals surface area contributed by atoms with Gasteiger partial charge < -0.3 is 4.90 Å². The van der Waals surface area contributed by atoms with Crippen molar-refractivity contribution in [2.24, 2.45) is 0 Å². The number of carbonyl (C=O) groups excluding carboxylic acids is 1. The molecule has 160 valence electrons. The van der Waals surface area contributed by atoms with E-state index in [1.165, 1.54) is 6.20 Å². The Labute approximate surface area is 171 Å². The van der Waals surface area contributed by atoms with Gasteiger partial charge >= 0.3 is 6.18 Å². The molecule has 3 aromatic rings. The average molecular weight is 420 g/mol. The van der Waals surface area contributed by atoms with Crippen molar-refractivity contribution in [2.45, 2.75) is 57.7 Å². The van der Waals surface area contributed by atoms with E-state index in [2.05, 4.69) is 20.3 Å². The second kappa shape index (κ2) is 7.10. The van der Waals surface area contributed by atoms with Gasteiger partial charge in [0.1, 0.15) is 11.4 Å². The molecule has 10 heteroatoms. The molecule has 30 heavy (non-hydrogen) atoms. The molecule has 3 aromatic heterocycles. The van der Waals surface area contributed by atoms with E-state index in [4.69, 9.17) is 0 Å². The molecule has 4 rings (SSSR count). The van der Waals surface area contributed by atoms with Crippen LogP contribution in [0.25, 0.3) is 5.65 Å². The summed E-state index contributed by atoms with van der Waals surface area (Å²) >= 11 is 0. The van der Waals surface area contributed by atoms with E-state index in [1.54, 1.807) is 17.0 Å². The first-order valence-electron chi connectivity index (χ1n) is 9.84. The predicted molar refractivity (Wildman–Crippen MR) is 103 cm³/mol. The molecule has 1 fully saturated rings. The number of carbonyl (C=O) groups is 1. The second-order valence-electron chi connectivity index (χ2n) is 8.59. The summed E-state index contributed by atoms with van der Waals surface area (Å²) in [5.74, 6) is -0.242. The van der Waals surface area contributed by atoms with Crippen LogP contribution in [-0.2, 0) is 11.6 Å². The monoisotopic (exact) mass is 420 g/mol. The van der Waals surface area contributed by atoms with Gasteiger partial charge in [-0.15, -0.1) is 0 Å². The van der Waals surface area contributed by atoms with Gasteiger partial charge in [0.25, 0.3) is 5.91 Å². The van der Waals surface area contributed by atoms with E-state index in [0.717, 1.165) is 23.4 Å². The van der Waals surface area contributed by atoms with Crippen LogP contribution in [0.2, 0.25) is 0 Å². The summed E-state index contributed by atoms with van der Waals surface area (Å²) in [7, 11) is 0. The third kappa shape index (κ3) is 3.66. The summed E-state index contributed by atoms with van der Waals surface area (Å²) < 4.78 is 42.1. The zero-order chi connectivity index (χ0) is 21.7. The minimum absolute atomic E-state index is 0.129. The fraction of sp³-hybridized carbons (Fsp3) is 0.500. The Morgan fingerprint density at radius 3 is 2.60 bits per heavy atom. The van der Waals surface area contributed by atoms with Crippen molar-refractivity contribution in [3.8, 4) is 0 Å². The Hall–Kier alpha value is -2.91. The maximum absolute atomic E-state index is 13.8. The number of halogens is 3. The topological polar surface area (TPSA) is 79.2 Å². The lowest BCUT2D eigenvalue weighted by Crippen LogP contribution is -2.39. The Bertz CT molecular complexity index is 1060. The molecular weight excluding hydrogens is 397 g/mol. The number of hydrogen-bond acceptors (Lipinski definition) is 4. The minimum Gasteiger partial charge on any atom is -0.329 e. The standard InChI is InChI=1S/C20H23F3N6O/c1-19(2,3)15-11-16(20(21,22)23)29-17(25-15)10-13(27-29)14-6-4-5-9-28(14)18(30)12-7-8-24-26-12/h7-8,10-11,14H,4-6,9H2,1-3H3,(H,24,26)/t14-/m0/s1. The van der Waals surface area contributed by atoms with E-state index >= 15 is 0 Å². The van der Waals surface area contributed by atoms with Gasteiger partial charge in [0.05, 0.1) is 17.4 Å². The van der Waals surface area contributed by atoms with Crippen LogP contribution in [0, 0.1) is 0 Å². The Kier molecular flexibility index (Phi) is 4.82. The van der Waals surface area contributed by atoms with E-state index in [0.29, 0.717) is 30.0 Å². The maximum atomic E-state index is 13.8. The third-order valence-electron chi connectivity index (χ3n) is 5.34. The van der Waals surface area contributed by atoms with Gasteiger partial charge in [0.2, 0.25) is 0 Å². The number of nitrogens with one attached hydrogen (secondary N) is 1. The number of alkyl halides is 3. The quantitative estimate of drug-likeness (QED) is 0.676. The molecule has 1 N–H and O–H groups in total. The van der Waals surface area contributed by atoms with Crippen LogP contribution >= 0.6 is 0 Å². The lowest BCUT2D eigenvalue weighted by Gasteiger charge is -2.34. The van der Waals surface area contributed by atoms with Crippen molar-refractivity contribution in [3.63, 3.8) is 0 Å². The third-order valence-corrected chi connectivity index (χ3v) is 5.34. The number of rotatable bonds is 2. The Morgan fingerprint density at radius 2 is 1.97 bits per heavy atom. The van der Waals surface area contributed by atoms with Crippen molar-refractivity contribution >= 4 is 11.6 Å². The lowest BCUT2D eigenvalue weighted by molar-refractivity contribution is -0.142. The molecule has 1 saturated heterocycles. The van der Waals surface area contributed by atoms with Crippen LogP contribution in [0.5, 0.6) is 0 Å². The van der Waals surface area contributed by atoms with Crippen molar-refractivity contribution in [3.05, 3.63) is 47.2 Å². The average Bonchev–Trinajstić information content (AvgIpc) is 3.34. The number of fused-ring (bicyclic) bond motifs is 1. The van der Waals surface area contributed by atoms with E-state index in [9.17, 15) is 18.0 Å². The highest BCUT2D eigenvalue weighted by Crippen LogP contribution is 2.35. The number of amides is 1. The molecule has 0 unspecified atom stereocenters. The Balaban J connectivity index is 1.81. The van der Waals surface area contributed by atoms with Gasteiger partial charge in [0.15, 0.2) is 5.65 Å². The molecule has 1 aliphatic rings. The van der Waals surface area contributed by atoms with Gasteiger partial charge in [-0.05, 0) is 31.4 Å². The summed E-state index contributed by atoms with van der Waals surface area (Å²) in [6.45, 7) is 5.95. The number of likely N-dealkylation sites (tertiary alicyclic amines) is 1. The highest BCUT2D eigenvalue weighted by atomic mass is 19.4. The second-order valence-corrected chi connectivity index (χ2v) is 8.59. The van der Waals surface area contributed by atoms with Crippen LogP contribution < -0.4 is 0 Å². The molecular formula is C20H23F3N6O. The highest BCUT2D eigenvalue weighted by molar-refractivity contribution is 5.92. The van der Waals surface area contributed by atoms with E-state index < -0.39 is 23.3 Å². The van der Waals surface area contributed by atoms with E-state index in [-0.39, 0.29) is 11.6 Å². The van der Waals surface area contributed by atoms with Crippen LogP contribution in [0.15, 0.2) is 24.4 Å². The summed E-state index contributed by atoms with van der Waals surface area (Å²) in [5.41, 5.74) is -0.209. The van der Waals surface area contributed by atoms with Crippen LogP contribution in [0.4, 0.5) is 13.2 Å². The molecule has 1 aliphatic heterocycles. The first-order valence-corrected chi connectivity index (χ1v) is 9.84. The predicted octanol–water partition coefficient (Wildman–Crippen LogP) is 4.14. The molecule has 0 saturated carbocycles.